The standard InChI is InChI=1S/C16H21N3O3/c1-9-4-5-12-13(6-9)16(22)19(15(12)21)11(3)14(20)18-8-10(2)7-17/h4-6,10-11H,7-8,17H2,1-3H3,(H,18,20). The van der Waals surface area contributed by atoms with Gasteiger partial charge in [-0.3, -0.25) is 19.3 Å². The summed E-state index contributed by atoms with van der Waals surface area (Å²) in [7, 11) is 0. The molecule has 0 saturated heterocycles. The molecule has 2 rings (SSSR count). The van der Waals surface area contributed by atoms with Crippen LogP contribution in [-0.2, 0) is 4.79 Å². The fourth-order valence-electron chi connectivity index (χ4n) is 2.35. The Kier molecular flexibility index (Phi) is 4.61. The Hall–Kier alpha value is -2.21. The highest BCUT2D eigenvalue weighted by Gasteiger charge is 2.40. The molecular formula is C16H21N3O3. The Morgan fingerprint density at radius 1 is 1.23 bits per heavy atom. The van der Waals surface area contributed by atoms with Gasteiger partial charge in [0, 0.05) is 6.54 Å². The number of aryl methyl sites for hydroxylation is 1. The van der Waals surface area contributed by atoms with Crippen LogP contribution in [0.15, 0.2) is 18.2 Å². The summed E-state index contributed by atoms with van der Waals surface area (Å²) in [5.41, 5.74) is 7.11. The van der Waals surface area contributed by atoms with Gasteiger partial charge in [0.1, 0.15) is 6.04 Å². The van der Waals surface area contributed by atoms with E-state index in [1.807, 2.05) is 13.8 Å². The summed E-state index contributed by atoms with van der Waals surface area (Å²) in [5.74, 6) is -1.06. The zero-order valence-corrected chi connectivity index (χ0v) is 13.1. The second-order valence-corrected chi connectivity index (χ2v) is 5.79. The minimum absolute atomic E-state index is 0.140. The maximum atomic E-state index is 12.4. The first kappa shape index (κ1) is 16.2. The Morgan fingerprint density at radius 3 is 2.50 bits per heavy atom. The summed E-state index contributed by atoms with van der Waals surface area (Å²) < 4.78 is 0. The number of rotatable bonds is 5. The van der Waals surface area contributed by atoms with E-state index in [-0.39, 0.29) is 11.8 Å². The van der Waals surface area contributed by atoms with Crippen molar-refractivity contribution < 1.29 is 14.4 Å². The van der Waals surface area contributed by atoms with Gasteiger partial charge in [0.05, 0.1) is 11.1 Å². The van der Waals surface area contributed by atoms with Crippen molar-refractivity contribution in [3.05, 3.63) is 34.9 Å². The fourth-order valence-corrected chi connectivity index (χ4v) is 2.35. The van der Waals surface area contributed by atoms with Crippen LogP contribution in [-0.4, -0.2) is 41.8 Å². The van der Waals surface area contributed by atoms with Crippen molar-refractivity contribution in [3.63, 3.8) is 0 Å². The predicted octanol–water partition coefficient (Wildman–Crippen LogP) is 0.691. The number of nitrogens with two attached hydrogens (primary N) is 1. The summed E-state index contributed by atoms with van der Waals surface area (Å²) in [6.45, 7) is 6.20. The molecule has 0 spiro atoms. The van der Waals surface area contributed by atoms with E-state index in [1.54, 1.807) is 25.1 Å². The first-order chi connectivity index (χ1) is 10.4. The molecule has 0 bridgehead atoms. The molecule has 0 aromatic heterocycles. The van der Waals surface area contributed by atoms with Crippen molar-refractivity contribution in [2.75, 3.05) is 13.1 Å². The summed E-state index contributed by atoms with van der Waals surface area (Å²) in [4.78, 5) is 38.0. The molecule has 0 aliphatic carbocycles. The lowest BCUT2D eigenvalue weighted by molar-refractivity contribution is -0.124. The van der Waals surface area contributed by atoms with Gasteiger partial charge in [-0.15, -0.1) is 0 Å². The molecule has 1 aromatic rings. The van der Waals surface area contributed by atoms with Gasteiger partial charge in [0.25, 0.3) is 11.8 Å². The predicted molar refractivity (Wildman–Crippen MR) is 82.4 cm³/mol. The van der Waals surface area contributed by atoms with E-state index in [1.165, 1.54) is 0 Å². The zero-order valence-electron chi connectivity index (χ0n) is 13.1. The molecule has 1 heterocycles. The maximum absolute atomic E-state index is 12.4. The third-order valence-corrected chi connectivity index (χ3v) is 3.87. The summed E-state index contributed by atoms with van der Waals surface area (Å²) in [6, 6.07) is 4.24. The number of hydrogen-bond donors (Lipinski definition) is 2. The van der Waals surface area contributed by atoms with Crippen LogP contribution in [0.25, 0.3) is 0 Å². The van der Waals surface area contributed by atoms with E-state index in [2.05, 4.69) is 5.32 Å². The third kappa shape index (κ3) is 2.87. The number of imide groups is 1. The van der Waals surface area contributed by atoms with Gasteiger partial charge >= 0.3 is 0 Å². The van der Waals surface area contributed by atoms with Crippen molar-refractivity contribution in [3.8, 4) is 0 Å². The quantitative estimate of drug-likeness (QED) is 0.783. The molecule has 3 N–H and O–H groups in total. The monoisotopic (exact) mass is 303 g/mol. The van der Waals surface area contributed by atoms with E-state index in [0.29, 0.717) is 24.2 Å². The van der Waals surface area contributed by atoms with Gasteiger partial charge in [-0.1, -0.05) is 18.6 Å². The van der Waals surface area contributed by atoms with Gasteiger partial charge in [0.15, 0.2) is 0 Å². The van der Waals surface area contributed by atoms with Crippen LogP contribution in [0.2, 0.25) is 0 Å². The number of nitrogens with one attached hydrogen (secondary N) is 1. The largest absolute Gasteiger partial charge is 0.354 e. The van der Waals surface area contributed by atoms with Crippen molar-refractivity contribution in [1.82, 2.24) is 10.2 Å². The Balaban J connectivity index is 2.15. The van der Waals surface area contributed by atoms with Crippen LogP contribution in [0.1, 0.15) is 40.1 Å². The van der Waals surface area contributed by atoms with Gasteiger partial charge in [-0.2, -0.15) is 0 Å². The number of nitrogens with zero attached hydrogens (tertiary/aromatic N) is 1. The van der Waals surface area contributed by atoms with Gasteiger partial charge in [-0.05, 0) is 38.4 Å². The highest BCUT2D eigenvalue weighted by Crippen LogP contribution is 2.25. The molecule has 0 fully saturated rings. The molecule has 6 nitrogen and oxygen atoms in total. The van der Waals surface area contributed by atoms with Crippen LogP contribution < -0.4 is 11.1 Å². The lowest BCUT2D eigenvalue weighted by Gasteiger charge is -2.22. The normalized spacial score (nSPS) is 16.5. The molecule has 2 unspecified atom stereocenters. The third-order valence-electron chi connectivity index (χ3n) is 3.87. The molecule has 1 aromatic carbocycles. The van der Waals surface area contributed by atoms with Crippen molar-refractivity contribution in [1.29, 1.82) is 0 Å². The Labute approximate surface area is 129 Å². The first-order valence-corrected chi connectivity index (χ1v) is 7.33. The summed E-state index contributed by atoms with van der Waals surface area (Å²) in [6.07, 6.45) is 0. The van der Waals surface area contributed by atoms with Crippen LogP contribution in [0, 0.1) is 12.8 Å². The lowest BCUT2D eigenvalue weighted by atomic mass is 10.1. The number of hydrogen-bond acceptors (Lipinski definition) is 4. The highest BCUT2D eigenvalue weighted by atomic mass is 16.2. The molecule has 118 valence electrons. The van der Waals surface area contributed by atoms with Crippen molar-refractivity contribution >= 4 is 17.7 Å². The lowest BCUT2D eigenvalue weighted by Crippen LogP contribution is -2.48. The molecular weight excluding hydrogens is 282 g/mol. The summed E-state index contributed by atoms with van der Waals surface area (Å²) >= 11 is 0. The van der Waals surface area contributed by atoms with Gasteiger partial charge in [-0.25, -0.2) is 0 Å². The van der Waals surface area contributed by atoms with E-state index < -0.39 is 17.9 Å². The second-order valence-electron chi connectivity index (χ2n) is 5.79. The molecule has 6 heteroatoms. The zero-order chi connectivity index (χ0) is 16.4. The second kappa shape index (κ2) is 6.27. The van der Waals surface area contributed by atoms with Crippen LogP contribution in [0.4, 0.5) is 0 Å². The highest BCUT2D eigenvalue weighted by molar-refractivity contribution is 6.22. The number of amides is 3. The smallest absolute Gasteiger partial charge is 0.262 e. The minimum Gasteiger partial charge on any atom is -0.354 e. The first-order valence-electron chi connectivity index (χ1n) is 7.33. The van der Waals surface area contributed by atoms with E-state index >= 15 is 0 Å². The molecule has 0 saturated carbocycles. The Bertz CT molecular complexity index is 627. The van der Waals surface area contributed by atoms with Crippen LogP contribution in [0.5, 0.6) is 0 Å². The maximum Gasteiger partial charge on any atom is 0.262 e. The van der Waals surface area contributed by atoms with Crippen LogP contribution in [0.3, 0.4) is 0 Å². The van der Waals surface area contributed by atoms with Crippen molar-refractivity contribution in [2.24, 2.45) is 11.7 Å². The molecule has 1 aliphatic rings. The van der Waals surface area contributed by atoms with E-state index in [4.69, 9.17) is 5.73 Å². The topological polar surface area (TPSA) is 92.5 Å². The number of carbonyl (C=O) groups is 3. The van der Waals surface area contributed by atoms with Crippen molar-refractivity contribution in [2.45, 2.75) is 26.8 Å². The summed E-state index contributed by atoms with van der Waals surface area (Å²) in [5, 5.41) is 2.72. The van der Waals surface area contributed by atoms with Crippen LogP contribution >= 0.6 is 0 Å². The van der Waals surface area contributed by atoms with E-state index in [9.17, 15) is 14.4 Å². The molecule has 3 amide bonds. The van der Waals surface area contributed by atoms with Gasteiger partial charge in [0.2, 0.25) is 5.91 Å². The van der Waals surface area contributed by atoms with E-state index in [0.717, 1.165) is 10.5 Å². The SMILES string of the molecule is Cc1ccc2c(c1)C(=O)N(C(C)C(=O)NCC(C)CN)C2=O. The molecule has 2 atom stereocenters. The average molecular weight is 303 g/mol. The molecule has 1 aliphatic heterocycles. The fraction of sp³-hybridized carbons (Fsp3) is 0.438. The number of fused-ring (bicyclic) bond motifs is 1. The number of benzene rings is 1. The minimum atomic E-state index is -0.849. The number of carbonyl (C=O) groups excluding carboxylic acids is 3. The Morgan fingerprint density at radius 2 is 1.86 bits per heavy atom. The molecule has 0 radical (unpaired) electrons. The van der Waals surface area contributed by atoms with Gasteiger partial charge < -0.3 is 11.1 Å². The molecule has 22 heavy (non-hydrogen) atoms. The average Bonchev–Trinajstić information content (AvgIpc) is 2.74.